The molecule has 0 bridgehead atoms. The monoisotopic (exact) mass is 192 g/mol. The third-order valence-corrected chi connectivity index (χ3v) is 1.64. The molecule has 0 unspecified atom stereocenters. The standard InChI is InChI=1S/C11H12O3/c1-3-7-14-11(12)9-5-4-6-10(8-9)13-2/h3-6,8H,1,7H2,2H3. The largest absolute Gasteiger partial charge is 0.497 e. The van der Waals surface area contributed by atoms with Crippen LogP contribution in [0.4, 0.5) is 0 Å². The maximum atomic E-state index is 11.3. The van der Waals surface area contributed by atoms with Gasteiger partial charge in [-0.2, -0.15) is 0 Å². The summed E-state index contributed by atoms with van der Waals surface area (Å²) in [7, 11) is 1.55. The van der Waals surface area contributed by atoms with Gasteiger partial charge in [0.15, 0.2) is 0 Å². The molecular weight excluding hydrogens is 180 g/mol. The van der Waals surface area contributed by atoms with Gasteiger partial charge in [-0.15, -0.1) is 0 Å². The number of ether oxygens (including phenoxy) is 2. The molecule has 0 heterocycles. The first kappa shape index (κ1) is 10.3. The second-order valence-electron chi connectivity index (χ2n) is 2.62. The minimum absolute atomic E-state index is 0.218. The van der Waals surface area contributed by atoms with Gasteiger partial charge in [-0.05, 0) is 18.2 Å². The van der Waals surface area contributed by atoms with Gasteiger partial charge in [0.05, 0.1) is 12.7 Å². The molecule has 0 aliphatic rings. The first-order chi connectivity index (χ1) is 6.77. The average molecular weight is 192 g/mol. The zero-order chi connectivity index (χ0) is 10.4. The summed E-state index contributed by atoms with van der Waals surface area (Å²) >= 11 is 0. The molecule has 0 amide bonds. The molecule has 1 rings (SSSR count). The second kappa shape index (κ2) is 5.07. The van der Waals surface area contributed by atoms with Crippen LogP contribution in [0.5, 0.6) is 5.75 Å². The van der Waals surface area contributed by atoms with E-state index in [4.69, 9.17) is 9.47 Å². The van der Waals surface area contributed by atoms with Crippen molar-refractivity contribution in [2.45, 2.75) is 0 Å². The van der Waals surface area contributed by atoms with Crippen LogP contribution in [0.15, 0.2) is 36.9 Å². The summed E-state index contributed by atoms with van der Waals surface area (Å²) in [6.07, 6.45) is 1.53. The molecule has 0 saturated carbocycles. The van der Waals surface area contributed by atoms with Crippen LogP contribution in [0, 0.1) is 0 Å². The summed E-state index contributed by atoms with van der Waals surface area (Å²) in [4.78, 5) is 11.3. The lowest BCUT2D eigenvalue weighted by Crippen LogP contribution is -2.04. The fraction of sp³-hybridized carbons (Fsp3) is 0.182. The zero-order valence-corrected chi connectivity index (χ0v) is 8.03. The number of carbonyl (C=O) groups excluding carboxylic acids is 1. The van der Waals surface area contributed by atoms with Crippen molar-refractivity contribution >= 4 is 5.97 Å². The van der Waals surface area contributed by atoms with E-state index in [1.54, 1.807) is 31.4 Å². The van der Waals surface area contributed by atoms with Gasteiger partial charge in [0, 0.05) is 0 Å². The third-order valence-electron chi connectivity index (χ3n) is 1.64. The molecule has 1 aromatic carbocycles. The summed E-state index contributed by atoms with van der Waals surface area (Å²) in [6, 6.07) is 6.81. The molecule has 0 aromatic heterocycles. The molecule has 14 heavy (non-hydrogen) atoms. The minimum Gasteiger partial charge on any atom is -0.497 e. The Hall–Kier alpha value is -1.77. The number of benzene rings is 1. The van der Waals surface area contributed by atoms with Gasteiger partial charge in [0.25, 0.3) is 0 Å². The van der Waals surface area contributed by atoms with Crippen LogP contribution in [0.2, 0.25) is 0 Å². The van der Waals surface area contributed by atoms with Crippen molar-refractivity contribution in [1.82, 2.24) is 0 Å². The third kappa shape index (κ3) is 2.62. The molecule has 0 spiro atoms. The van der Waals surface area contributed by atoms with E-state index < -0.39 is 0 Å². The van der Waals surface area contributed by atoms with Crippen molar-refractivity contribution < 1.29 is 14.3 Å². The molecule has 74 valence electrons. The molecule has 0 aliphatic heterocycles. The molecule has 0 fully saturated rings. The quantitative estimate of drug-likeness (QED) is 0.541. The smallest absolute Gasteiger partial charge is 0.338 e. The maximum absolute atomic E-state index is 11.3. The zero-order valence-electron chi connectivity index (χ0n) is 8.03. The van der Waals surface area contributed by atoms with Crippen LogP contribution in [0.3, 0.4) is 0 Å². The summed E-state index contributed by atoms with van der Waals surface area (Å²) in [5, 5.41) is 0. The van der Waals surface area contributed by atoms with Crippen molar-refractivity contribution in [3.8, 4) is 5.75 Å². The van der Waals surface area contributed by atoms with E-state index >= 15 is 0 Å². The Morgan fingerprint density at radius 3 is 3.00 bits per heavy atom. The Morgan fingerprint density at radius 1 is 1.57 bits per heavy atom. The highest BCUT2D eigenvalue weighted by Crippen LogP contribution is 2.13. The fourth-order valence-electron chi connectivity index (χ4n) is 0.968. The van der Waals surface area contributed by atoms with E-state index in [9.17, 15) is 4.79 Å². The number of rotatable bonds is 4. The maximum Gasteiger partial charge on any atom is 0.338 e. The Balaban J connectivity index is 2.73. The number of hydrogen-bond donors (Lipinski definition) is 0. The lowest BCUT2D eigenvalue weighted by molar-refractivity contribution is 0.0549. The summed E-state index contributed by atoms with van der Waals surface area (Å²) in [6.45, 7) is 3.68. The number of hydrogen-bond acceptors (Lipinski definition) is 3. The Kier molecular flexibility index (Phi) is 3.73. The highest BCUT2D eigenvalue weighted by Gasteiger charge is 2.06. The second-order valence-corrected chi connectivity index (χ2v) is 2.62. The summed E-state index contributed by atoms with van der Waals surface area (Å²) < 4.78 is 9.85. The van der Waals surface area contributed by atoms with Crippen LogP contribution >= 0.6 is 0 Å². The molecule has 0 saturated heterocycles. The van der Waals surface area contributed by atoms with Crippen LogP contribution in [0.25, 0.3) is 0 Å². The topological polar surface area (TPSA) is 35.5 Å². The number of esters is 1. The summed E-state index contributed by atoms with van der Waals surface area (Å²) in [5.74, 6) is 0.266. The predicted molar refractivity (Wildman–Crippen MR) is 53.5 cm³/mol. The van der Waals surface area contributed by atoms with E-state index in [-0.39, 0.29) is 12.6 Å². The molecular formula is C11H12O3. The van der Waals surface area contributed by atoms with Crippen molar-refractivity contribution in [3.05, 3.63) is 42.5 Å². The van der Waals surface area contributed by atoms with E-state index in [0.29, 0.717) is 11.3 Å². The van der Waals surface area contributed by atoms with E-state index in [1.165, 1.54) is 6.08 Å². The van der Waals surface area contributed by atoms with E-state index in [2.05, 4.69) is 6.58 Å². The molecule has 0 aliphatic carbocycles. The Labute approximate surface area is 83.0 Å². The molecule has 0 atom stereocenters. The highest BCUT2D eigenvalue weighted by molar-refractivity contribution is 5.89. The van der Waals surface area contributed by atoms with Gasteiger partial charge in [-0.25, -0.2) is 4.79 Å². The lowest BCUT2D eigenvalue weighted by Gasteiger charge is -2.03. The van der Waals surface area contributed by atoms with Crippen molar-refractivity contribution in [2.24, 2.45) is 0 Å². The first-order valence-corrected chi connectivity index (χ1v) is 4.20. The number of methoxy groups -OCH3 is 1. The van der Waals surface area contributed by atoms with E-state index in [0.717, 1.165) is 0 Å². The normalized spacial score (nSPS) is 9.21. The lowest BCUT2D eigenvalue weighted by atomic mass is 10.2. The van der Waals surface area contributed by atoms with Crippen molar-refractivity contribution in [3.63, 3.8) is 0 Å². The van der Waals surface area contributed by atoms with Gasteiger partial charge in [-0.1, -0.05) is 18.7 Å². The molecule has 1 aromatic rings. The molecule has 3 heteroatoms. The number of carbonyl (C=O) groups is 1. The molecule has 0 N–H and O–H groups in total. The van der Waals surface area contributed by atoms with E-state index in [1.807, 2.05) is 0 Å². The minimum atomic E-state index is -0.371. The Bertz CT molecular complexity index is 331. The molecule has 3 nitrogen and oxygen atoms in total. The van der Waals surface area contributed by atoms with Crippen LogP contribution in [0.1, 0.15) is 10.4 Å². The fourth-order valence-corrected chi connectivity index (χ4v) is 0.968. The highest BCUT2D eigenvalue weighted by atomic mass is 16.5. The first-order valence-electron chi connectivity index (χ1n) is 4.20. The van der Waals surface area contributed by atoms with Gasteiger partial charge in [0.1, 0.15) is 12.4 Å². The predicted octanol–water partition coefficient (Wildman–Crippen LogP) is 2.04. The van der Waals surface area contributed by atoms with Crippen LogP contribution < -0.4 is 4.74 Å². The van der Waals surface area contributed by atoms with Gasteiger partial charge in [-0.3, -0.25) is 0 Å². The van der Waals surface area contributed by atoms with Crippen LogP contribution in [-0.2, 0) is 4.74 Å². The van der Waals surface area contributed by atoms with Gasteiger partial charge >= 0.3 is 5.97 Å². The Morgan fingerprint density at radius 2 is 2.36 bits per heavy atom. The average Bonchev–Trinajstić information content (AvgIpc) is 2.26. The SMILES string of the molecule is C=CCOC(=O)c1cccc(OC)c1. The van der Waals surface area contributed by atoms with Gasteiger partial charge in [0.2, 0.25) is 0 Å². The van der Waals surface area contributed by atoms with Crippen LogP contribution in [-0.4, -0.2) is 19.7 Å². The van der Waals surface area contributed by atoms with Gasteiger partial charge < -0.3 is 9.47 Å². The molecule has 0 radical (unpaired) electrons. The van der Waals surface area contributed by atoms with Crippen molar-refractivity contribution in [1.29, 1.82) is 0 Å². The summed E-state index contributed by atoms with van der Waals surface area (Å²) in [5.41, 5.74) is 0.478. The van der Waals surface area contributed by atoms with Crippen molar-refractivity contribution in [2.75, 3.05) is 13.7 Å².